The van der Waals surface area contributed by atoms with Crippen molar-refractivity contribution in [1.29, 1.82) is 0 Å². The Kier molecular flexibility index (Phi) is 6.46. The smallest absolute Gasteiger partial charge is 0.0612 e. The van der Waals surface area contributed by atoms with Gasteiger partial charge in [-0.3, -0.25) is 4.90 Å². The fourth-order valence-electron chi connectivity index (χ4n) is 4.76. The van der Waals surface area contributed by atoms with Crippen LogP contribution in [0.25, 0.3) is 0 Å². The first-order chi connectivity index (χ1) is 11.8. The monoisotopic (exact) mass is 351 g/mol. The van der Waals surface area contributed by atoms with Gasteiger partial charge in [-0.15, -0.1) is 0 Å². The van der Waals surface area contributed by atoms with Gasteiger partial charge in [-0.05, 0) is 79.3 Å². The van der Waals surface area contributed by atoms with Crippen LogP contribution in [0.2, 0.25) is 0 Å². The summed E-state index contributed by atoms with van der Waals surface area (Å²) in [4.78, 5) is 8.09. The summed E-state index contributed by atoms with van der Waals surface area (Å²) in [6.07, 6.45) is 5.77. The third-order valence-corrected chi connectivity index (χ3v) is 6.41. The summed E-state index contributed by atoms with van der Waals surface area (Å²) in [6.45, 7) is 20.2. The van der Waals surface area contributed by atoms with E-state index in [2.05, 4.69) is 49.3 Å². The van der Waals surface area contributed by atoms with Gasteiger partial charge in [0.25, 0.3) is 0 Å². The number of nitrogens with zero attached hydrogens (tertiary/aromatic N) is 3. The highest BCUT2D eigenvalue weighted by Gasteiger charge is 2.37. The summed E-state index contributed by atoms with van der Waals surface area (Å²) in [5, 5.41) is 0. The molecule has 0 spiro atoms. The molecule has 0 aromatic heterocycles. The third-order valence-electron chi connectivity index (χ3n) is 6.41. The van der Waals surface area contributed by atoms with E-state index in [1.54, 1.807) is 0 Å². The summed E-state index contributed by atoms with van der Waals surface area (Å²) >= 11 is 0. The van der Waals surface area contributed by atoms with Gasteiger partial charge in [0.05, 0.1) is 11.7 Å². The standard InChI is InChI=1S/C21H41N3O/c1-17(2)23-8-6-18(7-9-23)16-22-10-12-24(13-11-22)19-14-20(15-19)25-21(3,4)5/h17-20H,6-16H2,1-5H3. The summed E-state index contributed by atoms with van der Waals surface area (Å²) < 4.78 is 6.10. The zero-order valence-electron chi connectivity index (χ0n) is 17.3. The van der Waals surface area contributed by atoms with Gasteiger partial charge in [0.15, 0.2) is 0 Å². The largest absolute Gasteiger partial charge is 0.373 e. The van der Waals surface area contributed by atoms with Crippen molar-refractivity contribution in [3.63, 3.8) is 0 Å². The minimum Gasteiger partial charge on any atom is -0.373 e. The Bertz CT molecular complexity index is 398. The van der Waals surface area contributed by atoms with E-state index in [1.165, 1.54) is 71.5 Å². The molecule has 3 rings (SSSR count). The highest BCUT2D eigenvalue weighted by atomic mass is 16.5. The molecule has 0 aromatic carbocycles. The second kappa shape index (κ2) is 8.24. The van der Waals surface area contributed by atoms with Crippen molar-refractivity contribution < 1.29 is 4.74 Å². The average molecular weight is 352 g/mol. The predicted molar refractivity (Wildman–Crippen MR) is 105 cm³/mol. The minimum absolute atomic E-state index is 0.0134. The van der Waals surface area contributed by atoms with Crippen LogP contribution >= 0.6 is 0 Å². The maximum absolute atomic E-state index is 6.10. The van der Waals surface area contributed by atoms with Crippen molar-refractivity contribution in [3.8, 4) is 0 Å². The number of hydrogen-bond acceptors (Lipinski definition) is 4. The molecule has 2 aliphatic heterocycles. The van der Waals surface area contributed by atoms with Gasteiger partial charge in [0, 0.05) is 44.8 Å². The average Bonchev–Trinajstić information content (AvgIpc) is 2.51. The molecule has 0 atom stereocenters. The van der Waals surface area contributed by atoms with Crippen molar-refractivity contribution in [2.45, 2.75) is 84.1 Å². The normalized spacial score (nSPS) is 31.4. The molecule has 0 aromatic rings. The molecule has 25 heavy (non-hydrogen) atoms. The summed E-state index contributed by atoms with van der Waals surface area (Å²) in [7, 11) is 0. The lowest BCUT2D eigenvalue weighted by atomic mass is 9.86. The van der Waals surface area contributed by atoms with Crippen LogP contribution in [0.3, 0.4) is 0 Å². The van der Waals surface area contributed by atoms with Gasteiger partial charge in [-0.1, -0.05) is 0 Å². The Morgan fingerprint density at radius 3 is 2.04 bits per heavy atom. The first kappa shape index (κ1) is 19.6. The highest BCUT2D eigenvalue weighted by molar-refractivity contribution is 4.91. The summed E-state index contributed by atoms with van der Waals surface area (Å²) in [5.41, 5.74) is 0.0134. The highest BCUT2D eigenvalue weighted by Crippen LogP contribution is 2.32. The molecule has 0 bridgehead atoms. The fraction of sp³-hybridized carbons (Fsp3) is 1.00. The molecule has 0 radical (unpaired) electrons. The Hall–Kier alpha value is -0.160. The lowest BCUT2D eigenvalue weighted by Gasteiger charge is -2.48. The minimum atomic E-state index is 0.0134. The zero-order valence-corrected chi connectivity index (χ0v) is 17.3. The van der Waals surface area contributed by atoms with Crippen molar-refractivity contribution >= 4 is 0 Å². The molecule has 0 amide bonds. The maximum Gasteiger partial charge on any atom is 0.0612 e. The van der Waals surface area contributed by atoms with Gasteiger partial charge in [0.1, 0.15) is 0 Å². The van der Waals surface area contributed by atoms with Crippen LogP contribution in [0.15, 0.2) is 0 Å². The Labute approximate surface area is 155 Å². The van der Waals surface area contributed by atoms with Crippen LogP contribution in [0.4, 0.5) is 0 Å². The molecule has 1 aliphatic carbocycles. The lowest BCUT2D eigenvalue weighted by Crippen LogP contribution is -2.56. The number of likely N-dealkylation sites (tertiary alicyclic amines) is 1. The van der Waals surface area contributed by atoms with Gasteiger partial charge in [-0.2, -0.15) is 0 Å². The zero-order chi connectivity index (χ0) is 18.0. The Morgan fingerprint density at radius 1 is 0.920 bits per heavy atom. The Morgan fingerprint density at radius 2 is 1.52 bits per heavy atom. The molecule has 2 saturated heterocycles. The predicted octanol–water partition coefficient (Wildman–Crippen LogP) is 3.07. The van der Waals surface area contributed by atoms with Crippen molar-refractivity contribution in [3.05, 3.63) is 0 Å². The van der Waals surface area contributed by atoms with Crippen LogP contribution in [-0.4, -0.2) is 84.3 Å². The quantitative estimate of drug-likeness (QED) is 0.758. The number of piperazine rings is 1. The molecule has 3 fully saturated rings. The summed E-state index contributed by atoms with van der Waals surface area (Å²) in [5.74, 6) is 0.926. The van der Waals surface area contributed by atoms with Crippen LogP contribution in [0.5, 0.6) is 0 Å². The third kappa shape index (κ3) is 5.66. The molecule has 2 heterocycles. The first-order valence-corrected chi connectivity index (χ1v) is 10.7. The van der Waals surface area contributed by atoms with Crippen LogP contribution in [0.1, 0.15) is 60.3 Å². The number of ether oxygens (including phenoxy) is 1. The van der Waals surface area contributed by atoms with Crippen LogP contribution in [-0.2, 0) is 4.74 Å². The Balaban J connectivity index is 1.31. The molecule has 4 nitrogen and oxygen atoms in total. The van der Waals surface area contributed by atoms with Gasteiger partial charge in [-0.25, -0.2) is 0 Å². The van der Waals surface area contributed by atoms with E-state index < -0.39 is 0 Å². The molecular formula is C21H41N3O. The maximum atomic E-state index is 6.10. The van der Waals surface area contributed by atoms with E-state index >= 15 is 0 Å². The molecule has 1 saturated carbocycles. The van der Waals surface area contributed by atoms with Gasteiger partial charge < -0.3 is 14.5 Å². The first-order valence-electron chi connectivity index (χ1n) is 10.7. The molecular weight excluding hydrogens is 310 g/mol. The molecule has 4 heteroatoms. The fourth-order valence-corrected chi connectivity index (χ4v) is 4.76. The van der Waals surface area contributed by atoms with Crippen molar-refractivity contribution in [1.82, 2.24) is 14.7 Å². The van der Waals surface area contributed by atoms with Gasteiger partial charge >= 0.3 is 0 Å². The number of piperidine rings is 1. The van der Waals surface area contributed by atoms with Crippen molar-refractivity contribution in [2.75, 3.05) is 45.8 Å². The molecule has 146 valence electrons. The van der Waals surface area contributed by atoms with E-state index in [-0.39, 0.29) is 5.60 Å². The van der Waals surface area contributed by atoms with E-state index in [9.17, 15) is 0 Å². The topological polar surface area (TPSA) is 19.0 Å². The van der Waals surface area contributed by atoms with E-state index in [0.717, 1.165) is 18.0 Å². The molecule has 0 N–H and O–H groups in total. The number of hydrogen-bond donors (Lipinski definition) is 0. The molecule has 0 unspecified atom stereocenters. The lowest BCUT2D eigenvalue weighted by molar-refractivity contribution is -0.123. The molecule has 3 aliphatic rings. The van der Waals surface area contributed by atoms with E-state index in [4.69, 9.17) is 4.74 Å². The van der Waals surface area contributed by atoms with Crippen LogP contribution < -0.4 is 0 Å². The second-order valence-electron chi connectivity index (χ2n) is 9.89. The van der Waals surface area contributed by atoms with Crippen molar-refractivity contribution in [2.24, 2.45) is 5.92 Å². The second-order valence-corrected chi connectivity index (χ2v) is 9.89. The summed E-state index contributed by atoms with van der Waals surface area (Å²) in [6, 6.07) is 1.50. The van der Waals surface area contributed by atoms with E-state index in [1.807, 2.05) is 0 Å². The van der Waals surface area contributed by atoms with Crippen LogP contribution in [0, 0.1) is 5.92 Å². The SMILES string of the molecule is CC(C)N1CCC(CN2CCN(C3CC(OC(C)(C)C)C3)CC2)CC1. The number of rotatable bonds is 5. The van der Waals surface area contributed by atoms with E-state index in [0.29, 0.717) is 6.10 Å². The van der Waals surface area contributed by atoms with Gasteiger partial charge in [0.2, 0.25) is 0 Å².